The number of nitrogens with one attached hydrogen (secondary N) is 1. The molecule has 1 aromatic heterocycles. The Labute approximate surface area is 228 Å². The van der Waals surface area contributed by atoms with Gasteiger partial charge in [-0.25, -0.2) is 9.59 Å². The average molecular weight is 539 g/mol. The lowest BCUT2D eigenvalue weighted by Gasteiger charge is -2.32. The molecule has 1 amide bonds. The van der Waals surface area contributed by atoms with Crippen molar-refractivity contribution in [2.24, 2.45) is 11.1 Å². The van der Waals surface area contributed by atoms with Gasteiger partial charge in [0.25, 0.3) is 0 Å². The predicted molar refractivity (Wildman–Crippen MR) is 150 cm³/mol. The Kier molecular flexibility index (Phi) is 7.89. The molecule has 1 aliphatic rings. The standard InChI is InChI=1S/C28H38BN3O7/c1-26(2,3)23(17-37-24(30)33)36-14-13-35-20-10-8-9-19(16-20)32-22-15-18(11-12-21(22)31-25(32)34)29-38-27(4,5)28(6,7)39-29/h8-12,15-16,23H,13-14,17H2,1-7H3,(H2,30,33)(H,31,34). The third kappa shape index (κ3) is 6.32. The number of nitrogens with two attached hydrogens (primary N) is 1. The molecule has 0 radical (unpaired) electrons. The Balaban J connectivity index is 1.49. The van der Waals surface area contributed by atoms with Crippen LogP contribution in [0, 0.1) is 5.41 Å². The van der Waals surface area contributed by atoms with Gasteiger partial charge >= 0.3 is 18.9 Å². The number of imidazole rings is 1. The van der Waals surface area contributed by atoms with Crippen LogP contribution >= 0.6 is 0 Å². The molecule has 4 rings (SSSR count). The van der Waals surface area contributed by atoms with Gasteiger partial charge in [-0.05, 0) is 62.8 Å². The Bertz CT molecular complexity index is 1370. The van der Waals surface area contributed by atoms with Crippen LogP contribution in [0.25, 0.3) is 16.7 Å². The molecule has 1 unspecified atom stereocenters. The largest absolute Gasteiger partial charge is 0.494 e. The van der Waals surface area contributed by atoms with E-state index in [4.69, 9.17) is 29.3 Å². The van der Waals surface area contributed by atoms with Crippen molar-refractivity contribution in [1.29, 1.82) is 0 Å². The fourth-order valence-electron chi connectivity index (χ4n) is 4.27. The Morgan fingerprint density at radius 2 is 1.77 bits per heavy atom. The maximum absolute atomic E-state index is 13.0. The summed E-state index contributed by atoms with van der Waals surface area (Å²) in [6, 6.07) is 13.0. The zero-order valence-electron chi connectivity index (χ0n) is 23.7. The summed E-state index contributed by atoms with van der Waals surface area (Å²) in [6.07, 6.45) is -1.18. The highest BCUT2D eigenvalue weighted by atomic mass is 16.7. The van der Waals surface area contributed by atoms with Crippen LogP contribution < -0.4 is 21.6 Å². The van der Waals surface area contributed by atoms with E-state index in [1.165, 1.54) is 0 Å². The number of nitrogens with zero attached hydrogens (tertiary/aromatic N) is 1. The first-order valence-corrected chi connectivity index (χ1v) is 13.1. The number of primary amides is 1. The van der Waals surface area contributed by atoms with Crippen molar-refractivity contribution < 1.29 is 28.3 Å². The van der Waals surface area contributed by atoms with Crippen molar-refractivity contribution in [2.45, 2.75) is 65.8 Å². The number of ether oxygens (including phenoxy) is 3. The summed E-state index contributed by atoms with van der Waals surface area (Å²) >= 11 is 0. The molecule has 0 spiro atoms. The zero-order valence-corrected chi connectivity index (χ0v) is 23.7. The van der Waals surface area contributed by atoms with Crippen LogP contribution in [-0.2, 0) is 18.8 Å². The van der Waals surface area contributed by atoms with E-state index in [1.807, 2.05) is 84.9 Å². The van der Waals surface area contributed by atoms with E-state index in [2.05, 4.69) is 4.98 Å². The lowest BCUT2D eigenvalue weighted by molar-refractivity contribution is -0.0588. The number of aromatic amines is 1. The van der Waals surface area contributed by atoms with Gasteiger partial charge in [-0.1, -0.05) is 32.9 Å². The van der Waals surface area contributed by atoms with Gasteiger partial charge in [0, 0.05) is 6.07 Å². The van der Waals surface area contributed by atoms with E-state index in [1.54, 1.807) is 10.6 Å². The monoisotopic (exact) mass is 539 g/mol. The summed E-state index contributed by atoms with van der Waals surface area (Å²) in [7, 11) is -0.544. The first-order chi connectivity index (χ1) is 18.2. The second-order valence-corrected chi connectivity index (χ2v) is 11.8. The summed E-state index contributed by atoms with van der Waals surface area (Å²) in [5.41, 5.74) is 6.51. The summed E-state index contributed by atoms with van der Waals surface area (Å²) in [6.45, 7) is 14.6. The predicted octanol–water partition coefficient (Wildman–Crippen LogP) is 3.52. The summed E-state index contributed by atoms with van der Waals surface area (Å²) in [4.78, 5) is 26.9. The highest BCUT2D eigenvalue weighted by Crippen LogP contribution is 2.36. The molecule has 39 heavy (non-hydrogen) atoms. The quantitative estimate of drug-likeness (QED) is 0.315. The van der Waals surface area contributed by atoms with Crippen molar-refractivity contribution in [2.75, 3.05) is 19.8 Å². The van der Waals surface area contributed by atoms with Crippen LogP contribution in [0.2, 0.25) is 0 Å². The molecule has 0 aliphatic carbocycles. The van der Waals surface area contributed by atoms with Gasteiger partial charge in [-0.2, -0.15) is 0 Å². The number of fused-ring (bicyclic) bond motifs is 1. The average Bonchev–Trinajstić information content (AvgIpc) is 3.27. The molecule has 0 bridgehead atoms. The topological polar surface area (TPSA) is 127 Å². The third-order valence-corrected chi connectivity index (χ3v) is 7.32. The minimum Gasteiger partial charge on any atom is -0.491 e. The smallest absolute Gasteiger partial charge is 0.491 e. The van der Waals surface area contributed by atoms with Gasteiger partial charge in [-0.15, -0.1) is 0 Å². The van der Waals surface area contributed by atoms with Gasteiger partial charge in [0.1, 0.15) is 19.0 Å². The van der Waals surface area contributed by atoms with Gasteiger partial charge in [0.15, 0.2) is 0 Å². The van der Waals surface area contributed by atoms with Gasteiger partial charge in [-0.3, -0.25) is 4.57 Å². The van der Waals surface area contributed by atoms with Gasteiger partial charge in [0.2, 0.25) is 0 Å². The molecular weight excluding hydrogens is 501 g/mol. The Morgan fingerprint density at radius 1 is 1.08 bits per heavy atom. The van der Waals surface area contributed by atoms with Crippen molar-refractivity contribution in [1.82, 2.24) is 9.55 Å². The Hall–Kier alpha value is -3.28. The van der Waals surface area contributed by atoms with Crippen molar-refractivity contribution in [3.05, 3.63) is 52.9 Å². The minimum absolute atomic E-state index is 0.0612. The number of hydrogen-bond acceptors (Lipinski definition) is 7. The molecule has 2 heterocycles. The molecule has 10 nitrogen and oxygen atoms in total. The first kappa shape index (κ1) is 28.7. The lowest BCUT2D eigenvalue weighted by Crippen LogP contribution is -2.41. The summed E-state index contributed by atoms with van der Waals surface area (Å²) in [5.74, 6) is 0.583. The molecule has 210 valence electrons. The van der Waals surface area contributed by atoms with E-state index >= 15 is 0 Å². The first-order valence-electron chi connectivity index (χ1n) is 13.1. The summed E-state index contributed by atoms with van der Waals surface area (Å²) in [5, 5.41) is 0. The van der Waals surface area contributed by atoms with Crippen molar-refractivity contribution in [3.63, 3.8) is 0 Å². The zero-order chi connectivity index (χ0) is 28.6. The summed E-state index contributed by atoms with van der Waals surface area (Å²) < 4.78 is 30.8. The molecule has 11 heteroatoms. The number of benzene rings is 2. The normalized spacial score (nSPS) is 17.4. The molecule has 2 aromatic carbocycles. The van der Waals surface area contributed by atoms with Crippen molar-refractivity contribution in [3.8, 4) is 11.4 Å². The molecule has 3 N–H and O–H groups in total. The third-order valence-electron chi connectivity index (χ3n) is 7.32. The van der Waals surface area contributed by atoms with Crippen LogP contribution in [0.1, 0.15) is 48.5 Å². The lowest BCUT2D eigenvalue weighted by atomic mass is 9.79. The van der Waals surface area contributed by atoms with Crippen LogP contribution in [0.15, 0.2) is 47.3 Å². The molecule has 1 aliphatic heterocycles. The number of rotatable bonds is 9. The highest BCUT2D eigenvalue weighted by molar-refractivity contribution is 6.62. The van der Waals surface area contributed by atoms with Crippen LogP contribution in [-0.4, -0.2) is 59.9 Å². The van der Waals surface area contributed by atoms with E-state index < -0.39 is 24.4 Å². The second kappa shape index (κ2) is 10.7. The van der Waals surface area contributed by atoms with E-state index in [9.17, 15) is 9.59 Å². The van der Waals surface area contributed by atoms with Crippen molar-refractivity contribution >= 4 is 29.7 Å². The SMILES string of the molecule is CC(C)(C)C(COC(N)=O)OCCOc1cccc(-n2c(=O)[nH]c3ccc(B4OC(C)(C)C(C)(C)O4)cc32)c1. The molecule has 1 fully saturated rings. The highest BCUT2D eigenvalue weighted by Gasteiger charge is 2.51. The fraction of sp³-hybridized carbons (Fsp3) is 0.500. The second-order valence-electron chi connectivity index (χ2n) is 11.8. The molecular formula is C28H38BN3O7. The molecule has 0 saturated carbocycles. The number of amides is 1. The molecule has 1 saturated heterocycles. The maximum Gasteiger partial charge on any atom is 0.494 e. The van der Waals surface area contributed by atoms with Crippen LogP contribution in [0.4, 0.5) is 4.79 Å². The van der Waals surface area contributed by atoms with Crippen LogP contribution in [0.3, 0.4) is 0 Å². The fourth-order valence-corrected chi connectivity index (χ4v) is 4.27. The molecule has 1 atom stereocenters. The number of aromatic nitrogens is 2. The van der Waals surface area contributed by atoms with Gasteiger partial charge in [0.05, 0.1) is 40.6 Å². The number of carbonyl (C=O) groups is 1. The van der Waals surface area contributed by atoms with Gasteiger partial charge < -0.3 is 34.2 Å². The van der Waals surface area contributed by atoms with E-state index in [-0.39, 0.29) is 37.0 Å². The number of H-pyrrole nitrogens is 1. The maximum atomic E-state index is 13.0. The number of hydrogen-bond donors (Lipinski definition) is 2. The van der Waals surface area contributed by atoms with E-state index in [0.717, 1.165) is 5.46 Å². The number of carbonyl (C=O) groups excluding carboxylic acids is 1. The van der Waals surface area contributed by atoms with Crippen LogP contribution in [0.5, 0.6) is 5.75 Å². The molecule has 3 aromatic rings. The van der Waals surface area contributed by atoms with E-state index in [0.29, 0.717) is 22.5 Å². The minimum atomic E-state index is -0.837. The Morgan fingerprint density at radius 3 is 2.41 bits per heavy atom.